The zero-order valence-corrected chi connectivity index (χ0v) is 10.1. The number of carbonyl (C=O) groups is 1. The Labute approximate surface area is 97.2 Å². The molecule has 2 aliphatic rings. The van der Waals surface area contributed by atoms with Crippen LogP contribution in [0.25, 0.3) is 0 Å². The van der Waals surface area contributed by atoms with Crippen LogP contribution in [-0.4, -0.2) is 25.0 Å². The van der Waals surface area contributed by atoms with Gasteiger partial charge in [-0.05, 0) is 26.0 Å². The molecule has 0 unspecified atom stereocenters. The molecule has 0 saturated heterocycles. The number of ether oxygens (including phenoxy) is 1. The summed E-state index contributed by atoms with van der Waals surface area (Å²) in [5.41, 5.74) is 0.0299. The maximum atomic E-state index is 12.0. The van der Waals surface area contributed by atoms with Crippen LogP contribution in [-0.2, 0) is 9.53 Å². The highest BCUT2D eigenvalue weighted by atomic mass is 16.5. The number of ketones is 1. The molecular weight excluding hydrogens is 202 g/mol. The number of nitrogens with one attached hydrogen (secondary N) is 1. The highest BCUT2D eigenvalue weighted by Gasteiger charge is 2.34. The van der Waals surface area contributed by atoms with E-state index < -0.39 is 0 Å². The van der Waals surface area contributed by atoms with Gasteiger partial charge >= 0.3 is 0 Å². The predicted molar refractivity (Wildman–Crippen MR) is 63.2 cm³/mol. The summed E-state index contributed by atoms with van der Waals surface area (Å²) in [6.07, 6.45) is 9.39. The van der Waals surface area contributed by atoms with Crippen molar-refractivity contribution in [2.24, 2.45) is 0 Å². The minimum Gasteiger partial charge on any atom is -0.490 e. The lowest BCUT2D eigenvalue weighted by Gasteiger charge is -2.36. The van der Waals surface area contributed by atoms with Gasteiger partial charge in [0.1, 0.15) is 0 Å². The summed E-state index contributed by atoms with van der Waals surface area (Å²) in [5, 5.41) is 3.37. The van der Waals surface area contributed by atoms with E-state index in [1.54, 1.807) is 0 Å². The molecule has 1 heterocycles. The maximum Gasteiger partial charge on any atom is 0.198 e. The third kappa shape index (κ3) is 2.46. The molecule has 0 bridgehead atoms. The average Bonchev–Trinajstić information content (AvgIpc) is 2.84. The molecule has 0 aromatic heterocycles. The largest absolute Gasteiger partial charge is 0.490 e. The molecule has 3 heteroatoms. The quantitative estimate of drug-likeness (QED) is 0.793. The molecule has 0 spiro atoms. The number of carbonyl (C=O) groups excluding carboxylic acids is 1. The molecule has 1 fully saturated rings. The highest BCUT2D eigenvalue weighted by molar-refractivity contribution is 5.94. The van der Waals surface area contributed by atoms with Crippen LogP contribution in [0, 0.1) is 0 Å². The lowest BCUT2D eigenvalue weighted by atomic mass is 9.78. The number of allylic oxidation sites excluding steroid dienone is 1. The van der Waals surface area contributed by atoms with Crippen LogP contribution < -0.4 is 5.32 Å². The summed E-state index contributed by atoms with van der Waals surface area (Å²) in [6.45, 7) is 0.674. The van der Waals surface area contributed by atoms with E-state index in [9.17, 15) is 4.79 Å². The Balaban J connectivity index is 1.97. The van der Waals surface area contributed by atoms with Gasteiger partial charge in [0.15, 0.2) is 11.5 Å². The molecule has 16 heavy (non-hydrogen) atoms. The monoisotopic (exact) mass is 223 g/mol. The van der Waals surface area contributed by atoms with Crippen molar-refractivity contribution in [3.05, 3.63) is 11.8 Å². The van der Waals surface area contributed by atoms with Crippen LogP contribution >= 0.6 is 0 Å². The van der Waals surface area contributed by atoms with Crippen LogP contribution in [0.5, 0.6) is 0 Å². The van der Waals surface area contributed by atoms with Crippen LogP contribution in [0.3, 0.4) is 0 Å². The summed E-state index contributed by atoms with van der Waals surface area (Å²) in [4.78, 5) is 12.0. The summed E-state index contributed by atoms with van der Waals surface area (Å²) in [6, 6.07) is 0. The second-order valence-electron chi connectivity index (χ2n) is 4.90. The average molecular weight is 223 g/mol. The summed E-state index contributed by atoms with van der Waals surface area (Å²) >= 11 is 0. The Morgan fingerprint density at radius 2 is 2.19 bits per heavy atom. The normalized spacial score (nSPS) is 23.7. The van der Waals surface area contributed by atoms with Crippen LogP contribution in [0.4, 0.5) is 0 Å². The molecule has 3 nitrogen and oxygen atoms in total. The molecule has 1 aliphatic carbocycles. The van der Waals surface area contributed by atoms with E-state index >= 15 is 0 Å². The van der Waals surface area contributed by atoms with E-state index in [4.69, 9.17) is 4.74 Å². The van der Waals surface area contributed by atoms with Crippen molar-refractivity contribution in [1.29, 1.82) is 0 Å². The van der Waals surface area contributed by atoms with E-state index in [1.807, 2.05) is 13.1 Å². The van der Waals surface area contributed by atoms with Crippen LogP contribution in [0.2, 0.25) is 0 Å². The molecule has 1 N–H and O–H groups in total. The fourth-order valence-electron chi connectivity index (χ4n) is 2.75. The third-order valence-electron chi connectivity index (χ3n) is 3.82. The van der Waals surface area contributed by atoms with Gasteiger partial charge in [0.05, 0.1) is 6.61 Å². The Hall–Kier alpha value is -0.830. The summed E-state index contributed by atoms with van der Waals surface area (Å²) in [5.74, 6) is 0.772. The summed E-state index contributed by atoms with van der Waals surface area (Å²) < 4.78 is 5.33. The van der Waals surface area contributed by atoms with E-state index in [-0.39, 0.29) is 11.3 Å². The Morgan fingerprint density at radius 1 is 1.44 bits per heavy atom. The first kappa shape index (κ1) is 11.6. The number of Topliss-reactive ketones (excluding diaryl/α,β-unsaturated/α-hetero) is 1. The van der Waals surface area contributed by atoms with Crippen molar-refractivity contribution >= 4 is 5.78 Å². The molecule has 0 aromatic rings. The van der Waals surface area contributed by atoms with Gasteiger partial charge in [-0.3, -0.25) is 4.79 Å². The second kappa shape index (κ2) is 5.00. The van der Waals surface area contributed by atoms with Crippen molar-refractivity contribution in [2.75, 3.05) is 13.7 Å². The smallest absolute Gasteiger partial charge is 0.198 e. The zero-order valence-electron chi connectivity index (χ0n) is 10.1. The summed E-state index contributed by atoms with van der Waals surface area (Å²) in [7, 11) is 1.97. The first-order chi connectivity index (χ1) is 7.76. The highest BCUT2D eigenvalue weighted by Crippen LogP contribution is 2.32. The SMILES string of the molecule is CNC1(CC(=O)C2=CCCO2)CCCCC1. The van der Waals surface area contributed by atoms with E-state index in [0.717, 1.165) is 19.3 Å². The van der Waals surface area contributed by atoms with E-state index in [0.29, 0.717) is 18.8 Å². The van der Waals surface area contributed by atoms with E-state index in [2.05, 4.69) is 5.32 Å². The molecule has 1 saturated carbocycles. The number of hydrogen-bond donors (Lipinski definition) is 1. The van der Waals surface area contributed by atoms with Gasteiger partial charge < -0.3 is 10.1 Å². The standard InChI is InChI=1S/C13H21NO2/c1-14-13(7-3-2-4-8-13)10-11(15)12-6-5-9-16-12/h6,14H,2-5,7-10H2,1H3. The lowest BCUT2D eigenvalue weighted by Crippen LogP contribution is -2.46. The fraction of sp³-hybridized carbons (Fsp3) is 0.769. The first-order valence-corrected chi connectivity index (χ1v) is 6.31. The minimum absolute atomic E-state index is 0.0299. The molecule has 0 radical (unpaired) electrons. The Kier molecular flexibility index (Phi) is 3.64. The predicted octanol–water partition coefficient (Wildman–Crippen LogP) is 2.17. The van der Waals surface area contributed by atoms with Gasteiger partial charge in [-0.15, -0.1) is 0 Å². The third-order valence-corrected chi connectivity index (χ3v) is 3.82. The Bertz CT molecular complexity index is 290. The van der Waals surface area contributed by atoms with Gasteiger partial charge in [-0.25, -0.2) is 0 Å². The second-order valence-corrected chi connectivity index (χ2v) is 4.90. The van der Waals surface area contributed by atoms with Crippen molar-refractivity contribution in [3.63, 3.8) is 0 Å². The first-order valence-electron chi connectivity index (χ1n) is 6.31. The lowest BCUT2D eigenvalue weighted by molar-refractivity contribution is -0.120. The topological polar surface area (TPSA) is 38.3 Å². The van der Waals surface area contributed by atoms with Gasteiger partial charge in [-0.1, -0.05) is 19.3 Å². The zero-order chi connectivity index (χ0) is 11.4. The van der Waals surface area contributed by atoms with Crippen molar-refractivity contribution in [1.82, 2.24) is 5.32 Å². The van der Waals surface area contributed by atoms with E-state index in [1.165, 1.54) is 19.3 Å². The number of rotatable bonds is 4. The molecule has 0 atom stereocenters. The Morgan fingerprint density at radius 3 is 2.75 bits per heavy atom. The molecule has 0 aromatic carbocycles. The van der Waals surface area contributed by atoms with Crippen molar-refractivity contribution in [3.8, 4) is 0 Å². The van der Waals surface area contributed by atoms with Gasteiger partial charge in [-0.2, -0.15) is 0 Å². The van der Waals surface area contributed by atoms with Gasteiger partial charge in [0.2, 0.25) is 0 Å². The maximum absolute atomic E-state index is 12.0. The molecule has 90 valence electrons. The molecule has 0 amide bonds. The van der Waals surface area contributed by atoms with Gasteiger partial charge in [0.25, 0.3) is 0 Å². The molecular formula is C13H21NO2. The number of hydrogen-bond acceptors (Lipinski definition) is 3. The van der Waals surface area contributed by atoms with Crippen LogP contribution in [0.1, 0.15) is 44.9 Å². The minimum atomic E-state index is 0.0299. The van der Waals surface area contributed by atoms with Crippen molar-refractivity contribution < 1.29 is 9.53 Å². The fourth-order valence-corrected chi connectivity index (χ4v) is 2.75. The molecule has 2 rings (SSSR count). The van der Waals surface area contributed by atoms with Gasteiger partial charge in [0, 0.05) is 18.4 Å². The van der Waals surface area contributed by atoms with Crippen molar-refractivity contribution in [2.45, 2.75) is 50.5 Å². The molecule has 1 aliphatic heterocycles. The van der Waals surface area contributed by atoms with Crippen LogP contribution in [0.15, 0.2) is 11.8 Å².